The lowest BCUT2D eigenvalue weighted by molar-refractivity contribution is 0.0947. The number of rotatable bonds is 5. The van der Waals surface area contributed by atoms with E-state index in [4.69, 9.17) is 16.3 Å². The maximum atomic E-state index is 12.5. The summed E-state index contributed by atoms with van der Waals surface area (Å²) in [5.74, 6) is 0.981. The first-order chi connectivity index (χ1) is 12.6. The molecule has 1 aromatic heterocycles. The van der Waals surface area contributed by atoms with Crippen molar-refractivity contribution >= 4 is 23.5 Å². The fourth-order valence-corrected chi connectivity index (χ4v) is 3.24. The lowest BCUT2D eigenvalue weighted by Gasteiger charge is -2.27. The van der Waals surface area contributed by atoms with E-state index in [2.05, 4.69) is 20.2 Å². The van der Waals surface area contributed by atoms with Gasteiger partial charge in [0.2, 0.25) is 5.95 Å². The number of carbonyl (C=O) groups excluding carboxylic acids is 1. The highest BCUT2D eigenvalue weighted by Crippen LogP contribution is 2.22. The topological polar surface area (TPSA) is 67.3 Å². The van der Waals surface area contributed by atoms with Crippen LogP contribution in [0.2, 0.25) is 5.02 Å². The summed E-state index contributed by atoms with van der Waals surface area (Å²) in [6.07, 6.45) is 3.59. The molecule has 7 heteroatoms. The number of ether oxygens (including phenoxy) is 1. The van der Waals surface area contributed by atoms with E-state index >= 15 is 0 Å². The second-order valence-electron chi connectivity index (χ2n) is 6.38. The summed E-state index contributed by atoms with van der Waals surface area (Å²) in [6.45, 7) is 4.23. The molecule has 26 heavy (non-hydrogen) atoms. The number of nitrogens with one attached hydrogen (secondary N) is 1. The number of hydrogen-bond acceptors (Lipinski definition) is 5. The summed E-state index contributed by atoms with van der Waals surface area (Å²) >= 11 is 6.00. The van der Waals surface area contributed by atoms with Crippen LogP contribution in [0.4, 0.5) is 5.95 Å². The van der Waals surface area contributed by atoms with Gasteiger partial charge in [0, 0.05) is 23.8 Å². The van der Waals surface area contributed by atoms with E-state index in [0.29, 0.717) is 22.9 Å². The smallest absolute Gasteiger partial charge is 0.255 e. The number of aromatic nitrogens is 2. The molecule has 1 aromatic carbocycles. The Labute approximate surface area is 158 Å². The molecule has 1 fully saturated rings. The van der Waals surface area contributed by atoms with Gasteiger partial charge in [0.1, 0.15) is 5.75 Å². The zero-order valence-electron chi connectivity index (χ0n) is 15.1. The molecule has 1 aliphatic rings. The van der Waals surface area contributed by atoms with Crippen molar-refractivity contribution in [1.29, 1.82) is 0 Å². The molecule has 2 heterocycles. The Hall–Kier alpha value is -2.34. The number of hydrogen-bond donors (Lipinski definition) is 1. The molecule has 0 unspecified atom stereocenters. The number of nitrogens with zero attached hydrogens (tertiary/aromatic N) is 3. The molecule has 0 spiro atoms. The molecule has 0 bridgehead atoms. The zero-order chi connectivity index (χ0) is 18.5. The van der Waals surface area contributed by atoms with Gasteiger partial charge < -0.3 is 15.0 Å². The van der Waals surface area contributed by atoms with Gasteiger partial charge in [-0.05, 0) is 50.5 Å². The van der Waals surface area contributed by atoms with Crippen molar-refractivity contribution in [2.24, 2.45) is 0 Å². The fourth-order valence-electron chi connectivity index (χ4n) is 3.07. The quantitative estimate of drug-likeness (QED) is 0.869. The zero-order valence-corrected chi connectivity index (χ0v) is 15.8. The fraction of sp³-hybridized carbons (Fsp3) is 0.421. The number of methoxy groups -OCH3 is 1. The van der Waals surface area contributed by atoms with Crippen LogP contribution in [0, 0.1) is 6.92 Å². The maximum absolute atomic E-state index is 12.5. The standard InChI is InChI=1S/C19H23ClN4O2/c1-13-10-15(23-19(22-13)24-8-4-3-5-9-24)12-21-18(25)16-11-14(20)6-7-17(16)26-2/h6-7,10-11H,3-5,8-9,12H2,1-2H3,(H,21,25). The van der Waals surface area contributed by atoms with Crippen LogP contribution in [0.1, 0.15) is 41.0 Å². The molecule has 138 valence electrons. The molecule has 0 aliphatic carbocycles. The second kappa shape index (κ2) is 8.36. The third-order valence-corrected chi connectivity index (χ3v) is 4.61. The Morgan fingerprint density at radius 1 is 1.23 bits per heavy atom. The van der Waals surface area contributed by atoms with E-state index in [1.54, 1.807) is 18.2 Å². The second-order valence-corrected chi connectivity index (χ2v) is 6.81. The van der Waals surface area contributed by atoms with E-state index in [1.807, 2.05) is 13.0 Å². The largest absolute Gasteiger partial charge is 0.496 e. The molecule has 1 N–H and O–H groups in total. The van der Waals surface area contributed by atoms with Gasteiger partial charge in [0.05, 0.1) is 24.9 Å². The van der Waals surface area contributed by atoms with Gasteiger partial charge in [-0.25, -0.2) is 9.97 Å². The highest BCUT2D eigenvalue weighted by atomic mass is 35.5. The number of halogens is 1. The van der Waals surface area contributed by atoms with Crippen LogP contribution in [0.3, 0.4) is 0 Å². The van der Waals surface area contributed by atoms with Crippen molar-refractivity contribution in [3.8, 4) is 5.75 Å². The van der Waals surface area contributed by atoms with Gasteiger partial charge in [0.25, 0.3) is 5.91 Å². The first kappa shape index (κ1) is 18.5. The van der Waals surface area contributed by atoms with Gasteiger partial charge in [-0.2, -0.15) is 0 Å². The molecule has 2 aromatic rings. The third-order valence-electron chi connectivity index (χ3n) is 4.37. The highest BCUT2D eigenvalue weighted by molar-refractivity contribution is 6.31. The molecule has 1 saturated heterocycles. The molecule has 1 aliphatic heterocycles. The van der Waals surface area contributed by atoms with Gasteiger partial charge >= 0.3 is 0 Å². The Morgan fingerprint density at radius 3 is 2.73 bits per heavy atom. The van der Waals surface area contributed by atoms with E-state index in [9.17, 15) is 4.79 Å². The lowest BCUT2D eigenvalue weighted by Crippen LogP contribution is -2.32. The lowest BCUT2D eigenvalue weighted by atomic mass is 10.1. The Kier molecular flexibility index (Phi) is 5.93. The number of aryl methyl sites for hydroxylation is 1. The van der Waals surface area contributed by atoms with Crippen LogP contribution in [-0.2, 0) is 6.54 Å². The molecule has 3 rings (SSSR count). The average Bonchev–Trinajstić information content (AvgIpc) is 2.66. The summed E-state index contributed by atoms with van der Waals surface area (Å²) in [5.41, 5.74) is 2.08. The highest BCUT2D eigenvalue weighted by Gasteiger charge is 2.16. The molecule has 0 radical (unpaired) electrons. The van der Waals surface area contributed by atoms with Crippen LogP contribution >= 0.6 is 11.6 Å². The Balaban J connectivity index is 1.72. The van der Waals surface area contributed by atoms with Crippen LogP contribution in [0.25, 0.3) is 0 Å². The van der Waals surface area contributed by atoms with Crippen molar-refractivity contribution in [2.45, 2.75) is 32.7 Å². The predicted octanol–water partition coefficient (Wildman–Crippen LogP) is 3.37. The van der Waals surface area contributed by atoms with E-state index in [0.717, 1.165) is 43.3 Å². The normalized spacial score (nSPS) is 14.2. The number of benzene rings is 1. The monoisotopic (exact) mass is 374 g/mol. The van der Waals surface area contributed by atoms with E-state index in [1.165, 1.54) is 13.5 Å². The van der Waals surface area contributed by atoms with E-state index in [-0.39, 0.29) is 5.91 Å². The minimum Gasteiger partial charge on any atom is -0.496 e. The Bertz CT molecular complexity index is 791. The van der Waals surface area contributed by atoms with Crippen LogP contribution in [0.15, 0.2) is 24.3 Å². The van der Waals surface area contributed by atoms with Crippen molar-refractivity contribution in [3.05, 3.63) is 46.2 Å². The molecular formula is C19H23ClN4O2. The van der Waals surface area contributed by atoms with E-state index < -0.39 is 0 Å². The average molecular weight is 375 g/mol. The number of anilines is 1. The van der Waals surface area contributed by atoms with Gasteiger partial charge in [-0.15, -0.1) is 0 Å². The number of piperidine rings is 1. The summed E-state index contributed by atoms with van der Waals surface area (Å²) in [7, 11) is 1.53. The molecule has 1 amide bonds. The third kappa shape index (κ3) is 4.43. The van der Waals surface area contributed by atoms with Gasteiger partial charge in [-0.3, -0.25) is 4.79 Å². The van der Waals surface area contributed by atoms with Gasteiger partial charge in [-0.1, -0.05) is 11.6 Å². The van der Waals surface area contributed by atoms with Crippen LogP contribution < -0.4 is 15.0 Å². The molecule has 0 saturated carbocycles. The molecular weight excluding hydrogens is 352 g/mol. The van der Waals surface area contributed by atoms with Gasteiger partial charge in [0.15, 0.2) is 0 Å². The van der Waals surface area contributed by atoms with Crippen LogP contribution in [-0.4, -0.2) is 36.1 Å². The number of amides is 1. The summed E-state index contributed by atoms with van der Waals surface area (Å²) in [4.78, 5) is 23.9. The first-order valence-corrected chi connectivity index (χ1v) is 9.16. The Morgan fingerprint density at radius 2 is 2.00 bits per heavy atom. The molecule has 0 atom stereocenters. The van der Waals surface area contributed by atoms with Crippen LogP contribution in [0.5, 0.6) is 5.75 Å². The summed E-state index contributed by atoms with van der Waals surface area (Å²) in [6, 6.07) is 6.86. The minimum absolute atomic E-state index is 0.250. The predicted molar refractivity (Wildman–Crippen MR) is 102 cm³/mol. The van der Waals surface area contributed by atoms with Crippen molar-refractivity contribution in [2.75, 3.05) is 25.1 Å². The SMILES string of the molecule is COc1ccc(Cl)cc1C(=O)NCc1cc(C)nc(N2CCCCC2)n1. The molecule has 6 nitrogen and oxygen atoms in total. The first-order valence-electron chi connectivity index (χ1n) is 8.78. The van der Waals surface area contributed by atoms with Crippen molar-refractivity contribution < 1.29 is 9.53 Å². The maximum Gasteiger partial charge on any atom is 0.255 e. The van der Waals surface area contributed by atoms with Crippen molar-refractivity contribution in [3.63, 3.8) is 0 Å². The number of carbonyl (C=O) groups is 1. The minimum atomic E-state index is -0.250. The van der Waals surface area contributed by atoms with Crippen molar-refractivity contribution in [1.82, 2.24) is 15.3 Å². The summed E-state index contributed by atoms with van der Waals surface area (Å²) < 4.78 is 5.24. The summed E-state index contributed by atoms with van der Waals surface area (Å²) in [5, 5.41) is 3.38.